The number of piperidine rings is 1. The van der Waals surface area contributed by atoms with E-state index < -0.39 is 0 Å². The number of amides is 1. The highest BCUT2D eigenvalue weighted by molar-refractivity contribution is 5.94. The molecule has 3 N–H and O–H groups in total. The van der Waals surface area contributed by atoms with Crippen molar-refractivity contribution in [3.63, 3.8) is 0 Å². The number of ketones is 1. The molecule has 1 heterocycles. The molecule has 0 aromatic heterocycles. The second-order valence-electron chi connectivity index (χ2n) is 5.69. The minimum absolute atomic E-state index is 0.0131. The Morgan fingerprint density at radius 3 is 2.52 bits per heavy atom. The van der Waals surface area contributed by atoms with E-state index in [0.29, 0.717) is 5.56 Å². The number of hydrogen-bond donors (Lipinski definition) is 2. The average molecular weight is 291 g/mol. The number of primary amides is 1. The number of hydrogen-bond acceptors (Lipinski definition) is 3. The molecular weight excluding hydrogens is 268 g/mol. The predicted molar refractivity (Wildman–Crippen MR) is 79.3 cm³/mol. The van der Waals surface area contributed by atoms with Crippen LogP contribution in [-0.2, 0) is 11.3 Å². The molecule has 0 atom stereocenters. The summed E-state index contributed by atoms with van der Waals surface area (Å²) in [6.07, 6.45) is 1.67. The van der Waals surface area contributed by atoms with Gasteiger partial charge >= 0.3 is 0 Å². The number of nitrogens with one attached hydrogen (secondary N) is 1. The summed E-state index contributed by atoms with van der Waals surface area (Å²) in [4.78, 5) is 24.1. The lowest BCUT2D eigenvalue weighted by Crippen LogP contribution is -3.11. The standard InChI is InChI=1S/C16H22N2O3/c1-11(19)13-3-4-15(21-2)14(9-13)10-18-7-5-12(6-8-18)16(17)20/h3-4,9,12H,5-8,10H2,1-2H3,(H2,17,20)/p+1. The first-order chi connectivity index (χ1) is 10.0. The number of likely N-dealkylation sites (tertiary alicyclic amines) is 1. The number of methoxy groups -OCH3 is 1. The van der Waals surface area contributed by atoms with Crippen molar-refractivity contribution in [2.75, 3.05) is 20.2 Å². The van der Waals surface area contributed by atoms with Crippen LogP contribution in [0.5, 0.6) is 5.75 Å². The van der Waals surface area contributed by atoms with Crippen LogP contribution in [-0.4, -0.2) is 31.9 Å². The zero-order chi connectivity index (χ0) is 15.4. The Hall–Kier alpha value is -1.88. The van der Waals surface area contributed by atoms with Gasteiger partial charge in [0.05, 0.1) is 20.2 Å². The van der Waals surface area contributed by atoms with Crippen LogP contribution in [0, 0.1) is 5.92 Å². The summed E-state index contributed by atoms with van der Waals surface area (Å²) in [5.74, 6) is 0.690. The number of rotatable bonds is 5. The van der Waals surface area contributed by atoms with Gasteiger partial charge in [0.1, 0.15) is 12.3 Å². The quantitative estimate of drug-likeness (QED) is 0.760. The summed E-state index contributed by atoms with van der Waals surface area (Å²) in [6.45, 7) is 4.20. The lowest BCUT2D eigenvalue weighted by Gasteiger charge is -2.28. The Morgan fingerprint density at radius 2 is 2.00 bits per heavy atom. The van der Waals surface area contributed by atoms with Crippen LogP contribution in [0.4, 0.5) is 0 Å². The van der Waals surface area contributed by atoms with Gasteiger partial charge in [-0.25, -0.2) is 0 Å². The Kier molecular flexibility index (Phi) is 4.96. The van der Waals surface area contributed by atoms with Gasteiger partial charge in [-0.1, -0.05) is 0 Å². The Bertz CT molecular complexity index is 534. The van der Waals surface area contributed by atoms with E-state index in [1.807, 2.05) is 12.1 Å². The molecular formula is C16H23N2O3+. The van der Waals surface area contributed by atoms with Gasteiger partial charge in [0.2, 0.25) is 5.91 Å². The van der Waals surface area contributed by atoms with E-state index >= 15 is 0 Å². The number of carbonyl (C=O) groups excluding carboxylic acids is 2. The first-order valence-corrected chi connectivity index (χ1v) is 7.32. The highest BCUT2D eigenvalue weighted by Gasteiger charge is 2.26. The van der Waals surface area contributed by atoms with Crippen LogP contribution in [0.2, 0.25) is 0 Å². The van der Waals surface area contributed by atoms with Gasteiger partial charge in [-0.2, -0.15) is 0 Å². The molecule has 5 heteroatoms. The molecule has 1 aliphatic rings. The molecule has 1 amide bonds. The lowest BCUT2D eigenvalue weighted by molar-refractivity contribution is -0.919. The fourth-order valence-electron chi connectivity index (χ4n) is 2.89. The summed E-state index contributed by atoms with van der Waals surface area (Å²) < 4.78 is 5.38. The van der Waals surface area contributed by atoms with E-state index in [0.717, 1.165) is 43.8 Å². The van der Waals surface area contributed by atoms with Gasteiger partial charge in [0.25, 0.3) is 0 Å². The van der Waals surface area contributed by atoms with Crippen LogP contribution in [0.25, 0.3) is 0 Å². The van der Waals surface area contributed by atoms with Gasteiger partial charge in [0.15, 0.2) is 5.78 Å². The third-order valence-electron chi connectivity index (χ3n) is 4.22. The minimum atomic E-state index is -0.190. The molecule has 0 spiro atoms. The van der Waals surface area contributed by atoms with Gasteiger partial charge < -0.3 is 15.4 Å². The summed E-state index contributed by atoms with van der Waals surface area (Å²) in [7, 11) is 1.64. The first-order valence-electron chi connectivity index (χ1n) is 7.32. The molecule has 0 unspecified atom stereocenters. The van der Waals surface area contributed by atoms with Crippen molar-refractivity contribution in [3.05, 3.63) is 29.3 Å². The van der Waals surface area contributed by atoms with Crippen LogP contribution < -0.4 is 15.4 Å². The van der Waals surface area contributed by atoms with E-state index in [9.17, 15) is 9.59 Å². The third-order valence-corrected chi connectivity index (χ3v) is 4.22. The Morgan fingerprint density at radius 1 is 1.33 bits per heavy atom. The third kappa shape index (κ3) is 3.82. The SMILES string of the molecule is COc1ccc(C(C)=O)cc1C[NH+]1CCC(C(N)=O)CC1. The minimum Gasteiger partial charge on any atom is -0.496 e. The first kappa shape index (κ1) is 15.5. The summed E-state index contributed by atoms with van der Waals surface area (Å²) in [6, 6.07) is 5.55. The monoisotopic (exact) mass is 291 g/mol. The molecule has 5 nitrogen and oxygen atoms in total. The number of benzene rings is 1. The largest absolute Gasteiger partial charge is 0.496 e. The fourth-order valence-corrected chi connectivity index (χ4v) is 2.89. The number of ether oxygens (including phenoxy) is 1. The zero-order valence-corrected chi connectivity index (χ0v) is 12.6. The molecule has 0 saturated carbocycles. The van der Waals surface area contributed by atoms with Crippen molar-refractivity contribution >= 4 is 11.7 Å². The molecule has 1 aliphatic heterocycles. The normalized spacial score (nSPS) is 21.8. The van der Waals surface area contributed by atoms with Crippen molar-refractivity contribution in [2.45, 2.75) is 26.3 Å². The maximum atomic E-state index is 11.5. The summed E-state index contributed by atoms with van der Waals surface area (Å²) in [5.41, 5.74) is 7.10. The van der Waals surface area contributed by atoms with Crippen molar-refractivity contribution in [2.24, 2.45) is 11.7 Å². The van der Waals surface area contributed by atoms with Crippen molar-refractivity contribution in [1.82, 2.24) is 0 Å². The summed E-state index contributed by atoms with van der Waals surface area (Å²) >= 11 is 0. The van der Waals surface area contributed by atoms with Crippen molar-refractivity contribution in [3.8, 4) is 5.75 Å². The van der Waals surface area contributed by atoms with Crippen LogP contribution >= 0.6 is 0 Å². The smallest absolute Gasteiger partial charge is 0.220 e. The van der Waals surface area contributed by atoms with E-state index in [4.69, 9.17) is 10.5 Å². The maximum absolute atomic E-state index is 11.5. The number of nitrogens with two attached hydrogens (primary N) is 1. The topological polar surface area (TPSA) is 73.8 Å². The average Bonchev–Trinajstić information content (AvgIpc) is 2.47. The molecule has 21 heavy (non-hydrogen) atoms. The van der Waals surface area contributed by atoms with Crippen LogP contribution in [0.3, 0.4) is 0 Å². The lowest BCUT2D eigenvalue weighted by atomic mass is 9.95. The molecule has 1 saturated heterocycles. The van der Waals surface area contributed by atoms with Crippen molar-refractivity contribution in [1.29, 1.82) is 0 Å². The molecule has 0 radical (unpaired) electrons. The Balaban J connectivity index is 2.07. The number of carbonyl (C=O) groups is 2. The highest BCUT2D eigenvalue weighted by Crippen LogP contribution is 2.20. The van der Waals surface area contributed by atoms with Gasteiger partial charge in [-0.3, -0.25) is 9.59 Å². The molecule has 0 bridgehead atoms. The molecule has 114 valence electrons. The second kappa shape index (κ2) is 6.72. The van der Waals surface area contributed by atoms with E-state index in [2.05, 4.69) is 0 Å². The maximum Gasteiger partial charge on any atom is 0.220 e. The van der Waals surface area contributed by atoms with Gasteiger partial charge in [0, 0.05) is 29.9 Å². The van der Waals surface area contributed by atoms with Crippen LogP contribution in [0.15, 0.2) is 18.2 Å². The predicted octanol–water partition coefficient (Wildman–Crippen LogP) is 0.178. The molecule has 1 fully saturated rings. The zero-order valence-electron chi connectivity index (χ0n) is 12.6. The highest BCUT2D eigenvalue weighted by atomic mass is 16.5. The Labute approximate surface area is 125 Å². The molecule has 1 aromatic carbocycles. The second-order valence-corrected chi connectivity index (χ2v) is 5.69. The fraction of sp³-hybridized carbons (Fsp3) is 0.500. The number of Topliss-reactive ketones (excluding diaryl/α,β-unsaturated/α-hetero) is 1. The molecule has 1 aromatic rings. The molecule has 0 aliphatic carbocycles. The summed E-state index contributed by atoms with van der Waals surface area (Å²) in [5, 5.41) is 0. The number of quaternary nitrogens is 1. The van der Waals surface area contributed by atoms with Gasteiger partial charge in [-0.05, 0) is 25.1 Å². The van der Waals surface area contributed by atoms with Crippen molar-refractivity contribution < 1.29 is 19.2 Å². The van der Waals surface area contributed by atoms with E-state index in [1.165, 1.54) is 4.90 Å². The van der Waals surface area contributed by atoms with E-state index in [1.54, 1.807) is 20.1 Å². The van der Waals surface area contributed by atoms with Gasteiger partial charge in [-0.15, -0.1) is 0 Å². The van der Waals surface area contributed by atoms with E-state index in [-0.39, 0.29) is 17.6 Å². The van der Waals surface area contributed by atoms with Crippen LogP contribution in [0.1, 0.15) is 35.7 Å². The molecule has 2 rings (SSSR count).